The highest BCUT2D eigenvalue weighted by Crippen LogP contribution is 2.27. The van der Waals surface area contributed by atoms with Crippen LogP contribution in [0.3, 0.4) is 0 Å². The van der Waals surface area contributed by atoms with Crippen LogP contribution in [0.5, 0.6) is 5.75 Å². The molecule has 0 aliphatic rings. The van der Waals surface area contributed by atoms with E-state index in [9.17, 15) is 9.18 Å². The van der Waals surface area contributed by atoms with E-state index in [2.05, 4.69) is 10.6 Å². The minimum atomic E-state index is -0.295. The molecule has 0 bridgehead atoms. The molecule has 1 amide bonds. The van der Waals surface area contributed by atoms with Gasteiger partial charge in [-0.15, -0.1) is 0 Å². The summed E-state index contributed by atoms with van der Waals surface area (Å²) >= 11 is 5.90. The average Bonchev–Trinajstić information content (AvgIpc) is 2.49. The molecule has 0 saturated heterocycles. The number of anilines is 2. The summed E-state index contributed by atoms with van der Waals surface area (Å²) in [5.74, 6) is 0.0794. The normalized spacial score (nSPS) is 10.1. The first-order valence-electron chi connectivity index (χ1n) is 6.71. The smallest absolute Gasteiger partial charge is 0.226 e. The van der Waals surface area contributed by atoms with Crippen molar-refractivity contribution >= 4 is 28.9 Å². The number of nitrogens with one attached hydrogen (secondary N) is 2. The summed E-state index contributed by atoms with van der Waals surface area (Å²) in [6.45, 7) is 0.431. The van der Waals surface area contributed by atoms with Gasteiger partial charge < -0.3 is 15.4 Å². The van der Waals surface area contributed by atoms with Crippen molar-refractivity contribution in [1.82, 2.24) is 0 Å². The quantitative estimate of drug-likeness (QED) is 0.847. The minimum absolute atomic E-state index is 0.171. The molecule has 2 N–H and O–H groups in total. The first-order chi connectivity index (χ1) is 10.6. The fourth-order valence-electron chi connectivity index (χ4n) is 1.88. The van der Waals surface area contributed by atoms with Gasteiger partial charge in [-0.2, -0.15) is 0 Å². The zero-order valence-electron chi connectivity index (χ0n) is 12.0. The average molecular weight is 323 g/mol. The summed E-state index contributed by atoms with van der Waals surface area (Å²) in [4.78, 5) is 11.9. The van der Waals surface area contributed by atoms with E-state index in [0.29, 0.717) is 23.0 Å². The SMILES string of the molecule is COc1ccc(Cl)cc1NC(=O)CCNc1ccc(F)cc1. The number of rotatable bonds is 6. The Bertz CT molecular complexity index is 647. The van der Waals surface area contributed by atoms with Crippen LogP contribution in [-0.2, 0) is 4.79 Å². The molecule has 0 heterocycles. The predicted molar refractivity (Wildman–Crippen MR) is 86.1 cm³/mol. The maximum absolute atomic E-state index is 12.8. The van der Waals surface area contributed by atoms with Crippen molar-refractivity contribution in [2.75, 3.05) is 24.3 Å². The third kappa shape index (κ3) is 4.63. The van der Waals surface area contributed by atoms with Crippen molar-refractivity contribution in [2.24, 2.45) is 0 Å². The Morgan fingerprint density at radius 3 is 2.64 bits per heavy atom. The molecule has 2 aromatic carbocycles. The first kappa shape index (κ1) is 16.1. The number of hydrogen-bond donors (Lipinski definition) is 2. The fraction of sp³-hybridized carbons (Fsp3) is 0.188. The first-order valence-corrected chi connectivity index (χ1v) is 7.09. The van der Waals surface area contributed by atoms with E-state index in [0.717, 1.165) is 5.69 Å². The van der Waals surface area contributed by atoms with Crippen LogP contribution in [0.2, 0.25) is 5.02 Å². The number of carbonyl (C=O) groups is 1. The molecule has 4 nitrogen and oxygen atoms in total. The third-order valence-corrected chi connectivity index (χ3v) is 3.20. The molecule has 0 aliphatic heterocycles. The predicted octanol–water partition coefficient (Wildman–Crippen LogP) is 3.93. The molecule has 0 radical (unpaired) electrons. The molecule has 0 unspecified atom stereocenters. The topological polar surface area (TPSA) is 50.4 Å². The van der Waals surface area contributed by atoms with E-state index in [1.165, 1.54) is 19.2 Å². The Morgan fingerprint density at radius 2 is 1.95 bits per heavy atom. The molecular weight excluding hydrogens is 307 g/mol. The van der Waals surface area contributed by atoms with Crippen LogP contribution in [0.1, 0.15) is 6.42 Å². The molecule has 22 heavy (non-hydrogen) atoms. The van der Waals surface area contributed by atoms with Crippen LogP contribution in [-0.4, -0.2) is 19.6 Å². The fourth-order valence-corrected chi connectivity index (χ4v) is 2.05. The molecule has 0 saturated carbocycles. The highest BCUT2D eigenvalue weighted by atomic mass is 35.5. The number of methoxy groups -OCH3 is 1. The molecule has 6 heteroatoms. The lowest BCUT2D eigenvalue weighted by Crippen LogP contribution is -2.16. The number of amides is 1. The Kier molecular flexibility index (Phi) is 5.61. The van der Waals surface area contributed by atoms with Gasteiger partial charge in [0.25, 0.3) is 0 Å². The highest BCUT2D eigenvalue weighted by Gasteiger charge is 2.08. The molecule has 0 aromatic heterocycles. The summed E-state index contributed by atoms with van der Waals surface area (Å²) in [7, 11) is 1.52. The summed E-state index contributed by atoms with van der Waals surface area (Å²) in [6, 6.07) is 11.0. The lowest BCUT2D eigenvalue weighted by Gasteiger charge is -2.11. The standard InChI is InChI=1S/C16H16ClFN2O2/c1-22-15-7-2-11(17)10-14(15)20-16(21)8-9-19-13-5-3-12(18)4-6-13/h2-7,10,19H,8-9H2,1H3,(H,20,21). The number of benzene rings is 2. The van der Waals surface area contributed by atoms with Gasteiger partial charge in [0.05, 0.1) is 12.8 Å². The molecule has 0 spiro atoms. The second-order valence-electron chi connectivity index (χ2n) is 4.58. The summed E-state index contributed by atoms with van der Waals surface area (Å²) < 4.78 is 17.9. The van der Waals surface area contributed by atoms with E-state index in [1.807, 2.05) is 0 Å². The van der Waals surface area contributed by atoms with Crippen LogP contribution in [0.4, 0.5) is 15.8 Å². The van der Waals surface area contributed by atoms with Gasteiger partial charge in [-0.05, 0) is 42.5 Å². The maximum Gasteiger partial charge on any atom is 0.226 e. The largest absolute Gasteiger partial charge is 0.495 e. The molecule has 2 rings (SSSR count). The monoisotopic (exact) mass is 322 g/mol. The van der Waals surface area contributed by atoms with Crippen molar-refractivity contribution in [1.29, 1.82) is 0 Å². The van der Waals surface area contributed by atoms with E-state index < -0.39 is 0 Å². The summed E-state index contributed by atoms with van der Waals surface area (Å²) in [6.07, 6.45) is 0.257. The lowest BCUT2D eigenvalue weighted by molar-refractivity contribution is -0.115. The van der Waals surface area contributed by atoms with Crippen LogP contribution in [0, 0.1) is 5.82 Å². The van der Waals surface area contributed by atoms with Crippen molar-refractivity contribution in [3.8, 4) is 5.75 Å². The van der Waals surface area contributed by atoms with Gasteiger partial charge in [-0.3, -0.25) is 4.79 Å². The van der Waals surface area contributed by atoms with E-state index in [1.54, 1.807) is 30.3 Å². The highest BCUT2D eigenvalue weighted by molar-refractivity contribution is 6.31. The van der Waals surface area contributed by atoms with Crippen LogP contribution >= 0.6 is 11.6 Å². The molecular formula is C16H16ClFN2O2. The van der Waals surface area contributed by atoms with Crippen molar-refractivity contribution < 1.29 is 13.9 Å². The Balaban J connectivity index is 1.85. The van der Waals surface area contributed by atoms with Gasteiger partial charge >= 0.3 is 0 Å². The lowest BCUT2D eigenvalue weighted by atomic mass is 10.2. The third-order valence-electron chi connectivity index (χ3n) is 2.96. The molecule has 2 aromatic rings. The maximum atomic E-state index is 12.8. The van der Waals surface area contributed by atoms with Crippen molar-refractivity contribution in [3.63, 3.8) is 0 Å². The second kappa shape index (κ2) is 7.66. The van der Waals surface area contributed by atoms with Crippen molar-refractivity contribution in [2.45, 2.75) is 6.42 Å². The van der Waals surface area contributed by atoms with Gasteiger partial charge in [0.2, 0.25) is 5.91 Å². The van der Waals surface area contributed by atoms with E-state index >= 15 is 0 Å². The Hall–Kier alpha value is -2.27. The van der Waals surface area contributed by atoms with Crippen molar-refractivity contribution in [3.05, 3.63) is 53.3 Å². The summed E-state index contributed by atoms with van der Waals surface area (Å²) in [5.41, 5.74) is 1.29. The molecule has 0 aliphatic carbocycles. The van der Waals surface area contributed by atoms with E-state index in [4.69, 9.17) is 16.3 Å². The van der Waals surface area contributed by atoms with Crippen LogP contribution < -0.4 is 15.4 Å². The number of carbonyl (C=O) groups excluding carboxylic acids is 1. The van der Waals surface area contributed by atoms with Crippen LogP contribution in [0.25, 0.3) is 0 Å². The van der Waals surface area contributed by atoms with E-state index in [-0.39, 0.29) is 18.1 Å². The number of hydrogen-bond acceptors (Lipinski definition) is 3. The summed E-state index contributed by atoms with van der Waals surface area (Å²) in [5, 5.41) is 6.31. The van der Waals surface area contributed by atoms with Crippen LogP contribution in [0.15, 0.2) is 42.5 Å². The van der Waals surface area contributed by atoms with Gasteiger partial charge in [0.1, 0.15) is 11.6 Å². The van der Waals surface area contributed by atoms with Gasteiger partial charge in [0, 0.05) is 23.7 Å². The van der Waals surface area contributed by atoms with Gasteiger partial charge in [0.15, 0.2) is 0 Å². The molecule has 0 fully saturated rings. The Labute approximate surface area is 133 Å². The van der Waals surface area contributed by atoms with Gasteiger partial charge in [-0.25, -0.2) is 4.39 Å². The zero-order valence-corrected chi connectivity index (χ0v) is 12.8. The Morgan fingerprint density at radius 1 is 1.23 bits per heavy atom. The number of ether oxygens (including phenoxy) is 1. The van der Waals surface area contributed by atoms with Gasteiger partial charge in [-0.1, -0.05) is 11.6 Å². The second-order valence-corrected chi connectivity index (χ2v) is 5.01. The molecule has 0 atom stereocenters. The minimum Gasteiger partial charge on any atom is -0.495 e. The number of halogens is 2. The molecule has 116 valence electrons. The zero-order chi connectivity index (χ0) is 15.9.